The van der Waals surface area contributed by atoms with Crippen molar-refractivity contribution in [2.24, 2.45) is 0 Å². The molecular weight excluding hydrogens is 255 g/mol. The molecule has 1 aromatic heterocycles. The maximum Gasteiger partial charge on any atom is 0.339 e. The number of benzene rings is 1. The summed E-state index contributed by atoms with van der Waals surface area (Å²) in [4.78, 5) is 16.6. The topological polar surface area (TPSA) is 66.0 Å². The number of carbonyl (C=O) groups is 1. The molecule has 0 atom stereocenters. The lowest BCUT2D eigenvalue weighted by molar-refractivity contribution is 0.0698. The van der Waals surface area contributed by atoms with Gasteiger partial charge in [-0.1, -0.05) is 0 Å². The standard InChI is InChI=1S/C8H4BrFN2O2/c9-3-1-2-4-6(5(3)7(13)14)12-8(10)11-4/h1-2H,(H,11,12)(H,13,14). The molecule has 72 valence electrons. The van der Waals surface area contributed by atoms with Crippen molar-refractivity contribution in [1.82, 2.24) is 9.97 Å². The van der Waals surface area contributed by atoms with Crippen LogP contribution in [-0.4, -0.2) is 21.0 Å². The number of carboxylic acid groups (broad SMARTS) is 1. The van der Waals surface area contributed by atoms with E-state index in [0.717, 1.165) is 0 Å². The van der Waals surface area contributed by atoms with Crippen LogP contribution in [0.3, 0.4) is 0 Å². The second kappa shape index (κ2) is 3.06. The van der Waals surface area contributed by atoms with Crippen molar-refractivity contribution < 1.29 is 14.3 Å². The van der Waals surface area contributed by atoms with Gasteiger partial charge >= 0.3 is 5.97 Å². The fourth-order valence-electron chi connectivity index (χ4n) is 1.22. The third kappa shape index (κ3) is 1.27. The van der Waals surface area contributed by atoms with E-state index < -0.39 is 12.0 Å². The average Bonchev–Trinajstić information content (AvgIpc) is 2.43. The Morgan fingerprint density at radius 2 is 2.29 bits per heavy atom. The molecule has 0 fully saturated rings. The summed E-state index contributed by atoms with van der Waals surface area (Å²) < 4.78 is 13.1. The summed E-state index contributed by atoms with van der Waals surface area (Å²) in [5.41, 5.74) is 0.440. The summed E-state index contributed by atoms with van der Waals surface area (Å²) >= 11 is 3.07. The number of aromatic nitrogens is 2. The first-order valence-electron chi connectivity index (χ1n) is 3.66. The van der Waals surface area contributed by atoms with E-state index in [1.807, 2.05) is 0 Å². The van der Waals surface area contributed by atoms with Crippen molar-refractivity contribution in [2.75, 3.05) is 0 Å². The highest BCUT2D eigenvalue weighted by molar-refractivity contribution is 9.10. The Balaban J connectivity index is 2.88. The van der Waals surface area contributed by atoms with Gasteiger partial charge in [0, 0.05) is 4.47 Å². The highest BCUT2D eigenvalue weighted by Gasteiger charge is 2.16. The number of fused-ring (bicyclic) bond motifs is 1. The van der Waals surface area contributed by atoms with E-state index >= 15 is 0 Å². The Bertz CT molecular complexity index is 523. The van der Waals surface area contributed by atoms with E-state index in [1.165, 1.54) is 6.07 Å². The minimum absolute atomic E-state index is 0.0392. The molecule has 1 aromatic carbocycles. The predicted octanol–water partition coefficient (Wildman–Crippen LogP) is 2.16. The molecule has 0 saturated heterocycles. The van der Waals surface area contributed by atoms with Gasteiger partial charge in [0.25, 0.3) is 6.08 Å². The quantitative estimate of drug-likeness (QED) is 0.824. The smallest absolute Gasteiger partial charge is 0.339 e. The van der Waals surface area contributed by atoms with Crippen LogP contribution in [-0.2, 0) is 0 Å². The lowest BCUT2D eigenvalue weighted by atomic mass is 10.2. The minimum atomic E-state index is -1.14. The molecule has 2 aromatic rings. The van der Waals surface area contributed by atoms with Gasteiger partial charge in [0.1, 0.15) is 11.1 Å². The highest BCUT2D eigenvalue weighted by atomic mass is 79.9. The van der Waals surface area contributed by atoms with Gasteiger partial charge in [-0.05, 0) is 28.1 Å². The monoisotopic (exact) mass is 258 g/mol. The van der Waals surface area contributed by atoms with Crippen molar-refractivity contribution in [3.05, 3.63) is 28.2 Å². The van der Waals surface area contributed by atoms with Gasteiger partial charge in [0.15, 0.2) is 0 Å². The van der Waals surface area contributed by atoms with Crippen molar-refractivity contribution in [3.8, 4) is 0 Å². The Labute approximate surface area is 85.9 Å². The zero-order valence-electron chi connectivity index (χ0n) is 6.71. The number of nitrogens with one attached hydrogen (secondary N) is 1. The summed E-state index contributed by atoms with van der Waals surface area (Å²) in [5, 5.41) is 8.87. The molecular formula is C8H4BrFN2O2. The molecule has 0 saturated carbocycles. The Morgan fingerprint density at radius 3 is 2.93 bits per heavy atom. The van der Waals surface area contributed by atoms with Gasteiger partial charge < -0.3 is 10.1 Å². The van der Waals surface area contributed by atoms with Crippen LogP contribution in [0, 0.1) is 6.08 Å². The maximum absolute atomic E-state index is 12.7. The molecule has 4 nitrogen and oxygen atoms in total. The van der Waals surface area contributed by atoms with Gasteiger partial charge in [-0.3, -0.25) is 0 Å². The van der Waals surface area contributed by atoms with Gasteiger partial charge in [-0.2, -0.15) is 4.39 Å². The predicted molar refractivity (Wildman–Crippen MR) is 50.7 cm³/mol. The zero-order valence-corrected chi connectivity index (χ0v) is 8.30. The molecule has 0 bridgehead atoms. The van der Waals surface area contributed by atoms with Gasteiger partial charge in [-0.25, -0.2) is 9.78 Å². The number of nitrogens with zero attached hydrogens (tertiary/aromatic N) is 1. The first-order chi connectivity index (χ1) is 6.59. The van der Waals surface area contributed by atoms with E-state index in [0.29, 0.717) is 9.99 Å². The lowest BCUT2D eigenvalue weighted by Gasteiger charge is -1.98. The van der Waals surface area contributed by atoms with E-state index in [9.17, 15) is 9.18 Å². The van der Waals surface area contributed by atoms with Crippen LogP contribution >= 0.6 is 15.9 Å². The van der Waals surface area contributed by atoms with Crippen LogP contribution in [0.2, 0.25) is 0 Å². The van der Waals surface area contributed by atoms with Gasteiger partial charge in [-0.15, -0.1) is 0 Å². The summed E-state index contributed by atoms with van der Waals surface area (Å²) in [5.74, 6) is -1.14. The van der Waals surface area contributed by atoms with Crippen molar-refractivity contribution in [2.45, 2.75) is 0 Å². The summed E-state index contributed by atoms with van der Waals surface area (Å²) in [6, 6.07) is 3.09. The molecule has 14 heavy (non-hydrogen) atoms. The fourth-order valence-corrected chi connectivity index (χ4v) is 1.71. The lowest BCUT2D eigenvalue weighted by Crippen LogP contribution is -1.98. The first kappa shape index (κ1) is 9.14. The van der Waals surface area contributed by atoms with E-state index in [-0.39, 0.29) is 11.1 Å². The molecule has 0 radical (unpaired) electrons. The molecule has 0 spiro atoms. The van der Waals surface area contributed by atoms with Crippen LogP contribution in [0.5, 0.6) is 0 Å². The van der Waals surface area contributed by atoms with Crippen molar-refractivity contribution >= 4 is 32.9 Å². The zero-order chi connectivity index (χ0) is 10.3. The Kier molecular flexibility index (Phi) is 1.99. The van der Waals surface area contributed by atoms with Crippen LogP contribution in [0.4, 0.5) is 4.39 Å². The molecule has 6 heteroatoms. The highest BCUT2D eigenvalue weighted by Crippen LogP contribution is 2.24. The van der Waals surface area contributed by atoms with Crippen LogP contribution < -0.4 is 0 Å². The molecule has 0 aliphatic carbocycles. The normalized spacial score (nSPS) is 10.7. The van der Waals surface area contributed by atoms with Crippen LogP contribution in [0.1, 0.15) is 10.4 Å². The Hall–Kier alpha value is -1.43. The van der Waals surface area contributed by atoms with Crippen LogP contribution in [0.15, 0.2) is 16.6 Å². The van der Waals surface area contributed by atoms with Gasteiger partial charge in [0.05, 0.1) is 5.52 Å². The summed E-state index contributed by atoms with van der Waals surface area (Å²) in [6.45, 7) is 0. The number of imidazole rings is 1. The number of aromatic carboxylic acids is 1. The molecule has 0 unspecified atom stereocenters. The van der Waals surface area contributed by atoms with Crippen LogP contribution in [0.25, 0.3) is 11.0 Å². The third-order valence-corrected chi connectivity index (χ3v) is 2.45. The first-order valence-corrected chi connectivity index (χ1v) is 4.46. The minimum Gasteiger partial charge on any atom is -0.478 e. The maximum atomic E-state index is 12.7. The van der Waals surface area contributed by atoms with Gasteiger partial charge in [0.2, 0.25) is 0 Å². The number of H-pyrrole nitrogens is 1. The van der Waals surface area contributed by atoms with Crippen molar-refractivity contribution in [3.63, 3.8) is 0 Å². The van der Waals surface area contributed by atoms with E-state index in [4.69, 9.17) is 5.11 Å². The largest absolute Gasteiger partial charge is 0.478 e. The van der Waals surface area contributed by atoms with E-state index in [2.05, 4.69) is 25.9 Å². The number of hydrogen-bond donors (Lipinski definition) is 2. The number of halogens is 2. The average molecular weight is 259 g/mol. The Morgan fingerprint density at radius 1 is 1.57 bits per heavy atom. The SMILES string of the molecule is O=C(O)c1c(Br)ccc2[nH]c(F)nc12. The van der Waals surface area contributed by atoms with E-state index in [1.54, 1.807) is 6.07 Å². The number of hydrogen-bond acceptors (Lipinski definition) is 2. The number of aromatic amines is 1. The summed E-state index contributed by atoms with van der Waals surface area (Å²) in [7, 11) is 0. The molecule has 0 amide bonds. The number of carboxylic acids is 1. The second-order valence-corrected chi connectivity index (χ2v) is 3.51. The number of rotatable bonds is 1. The molecule has 2 rings (SSSR count). The van der Waals surface area contributed by atoms with Crippen molar-refractivity contribution in [1.29, 1.82) is 0 Å². The molecule has 1 heterocycles. The third-order valence-electron chi connectivity index (χ3n) is 1.79. The fraction of sp³-hybridized carbons (Fsp3) is 0. The molecule has 0 aliphatic rings. The summed E-state index contributed by atoms with van der Waals surface area (Å²) in [6.07, 6.45) is -0.791. The second-order valence-electron chi connectivity index (χ2n) is 2.65. The molecule has 0 aliphatic heterocycles. The molecule has 2 N–H and O–H groups in total.